The maximum absolute atomic E-state index is 12.1. The summed E-state index contributed by atoms with van der Waals surface area (Å²) in [5.74, 6) is 0.0563. The van der Waals surface area contributed by atoms with E-state index >= 15 is 0 Å². The zero-order valence-corrected chi connectivity index (χ0v) is 13.7. The molecule has 6 heteroatoms. The Kier molecular flexibility index (Phi) is 5.00. The molecule has 2 aliphatic heterocycles. The second-order valence-corrected chi connectivity index (χ2v) is 7.13. The van der Waals surface area contributed by atoms with Gasteiger partial charge >= 0.3 is 0 Å². The Hall–Kier alpha value is -1.53. The highest BCUT2D eigenvalue weighted by atomic mass is 32.2. The molecular weight excluding hydrogens is 296 g/mol. The van der Waals surface area contributed by atoms with Crippen LogP contribution < -0.4 is 5.32 Å². The van der Waals surface area contributed by atoms with Crippen molar-refractivity contribution in [2.24, 2.45) is 4.99 Å². The van der Waals surface area contributed by atoms with Crippen LogP contribution in [0.25, 0.3) is 0 Å². The van der Waals surface area contributed by atoms with E-state index in [2.05, 4.69) is 27.0 Å². The molecule has 0 radical (unpaired) electrons. The Balaban J connectivity index is 1.43. The van der Waals surface area contributed by atoms with Crippen LogP contribution in [0, 0.1) is 0 Å². The number of nitrogens with one attached hydrogen (secondary N) is 1. The number of carbonyl (C=O) groups is 1. The second-order valence-electron chi connectivity index (χ2n) is 5.73. The van der Waals surface area contributed by atoms with E-state index in [1.165, 1.54) is 5.17 Å². The van der Waals surface area contributed by atoms with Crippen molar-refractivity contribution in [2.75, 3.05) is 44.6 Å². The van der Waals surface area contributed by atoms with Crippen molar-refractivity contribution < 1.29 is 4.79 Å². The Morgan fingerprint density at radius 2 is 2.00 bits per heavy atom. The van der Waals surface area contributed by atoms with E-state index < -0.39 is 0 Å². The van der Waals surface area contributed by atoms with Crippen LogP contribution in [-0.4, -0.2) is 65.4 Å². The maximum atomic E-state index is 12.1. The summed E-state index contributed by atoms with van der Waals surface area (Å²) in [6.07, 6.45) is 0. The molecule has 1 atom stereocenters. The molecule has 2 aliphatic rings. The number of amides is 1. The van der Waals surface area contributed by atoms with Gasteiger partial charge in [-0.15, -0.1) is 0 Å². The van der Waals surface area contributed by atoms with Gasteiger partial charge in [0, 0.05) is 37.1 Å². The van der Waals surface area contributed by atoms with Crippen molar-refractivity contribution in [3.63, 3.8) is 0 Å². The van der Waals surface area contributed by atoms with Crippen molar-refractivity contribution in [3.05, 3.63) is 30.3 Å². The van der Waals surface area contributed by atoms with Crippen LogP contribution in [0.15, 0.2) is 35.3 Å². The molecule has 22 heavy (non-hydrogen) atoms. The highest BCUT2D eigenvalue weighted by Gasteiger charge is 2.25. The highest BCUT2D eigenvalue weighted by Crippen LogP contribution is 2.23. The Morgan fingerprint density at radius 3 is 2.64 bits per heavy atom. The number of hydrogen-bond donors (Lipinski definition) is 1. The molecule has 2 heterocycles. The Bertz CT molecular complexity index is 540. The number of amidine groups is 1. The minimum absolute atomic E-state index is 0.0563. The maximum Gasteiger partial charge on any atom is 0.238 e. The van der Waals surface area contributed by atoms with Gasteiger partial charge in [0.05, 0.1) is 13.1 Å². The molecule has 0 aliphatic carbocycles. The van der Waals surface area contributed by atoms with Crippen LogP contribution in [0.5, 0.6) is 0 Å². The first kappa shape index (κ1) is 15.4. The summed E-state index contributed by atoms with van der Waals surface area (Å²) in [7, 11) is 0. The SMILES string of the molecule is C[C@H]1CN=C(N2CCN(CC(=O)Nc3ccccc3)CC2)S1. The average Bonchev–Trinajstić information content (AvgIpc) is 2.95. The monoisotopic (exact) mass is 318 g/mol. The molecule has 1 amide bonds. The lowest BCUT2D eigenvalue weighted by atomic mass is 10.3. The summed E-state index contributed by atoms with van der Waals surface area (Å²) in [5.41, 5.74) is 0.858. The fourth-order valence-electron chi connectivity index (χ4n) is 2.66. The number of anilines is 1. The first-order valence-corrected chi connectivity index (χ1v) is 8.62. The molecule has 1 aromatic rings. The minimum Gasteiger partial charge on any atom is -0.349 e. The van der Waals surface area contributed by atoms with Crippen molar-refractivity contribution in [3.8, 4) is 0 Å². The van der Waals surface area contributed by atoms with Crippen molar-refractivity contribution in [1.82, 2.24) is 9.80 Å². The molecule has 118 valence electrons. The van der Waals surface area contributed by atoms with Crippen molar-refractivity contribution in [2.45, 2.75) is 12.2 Å². The topological polar surface area (TPSA) is 47.9 Å². The lowest BCUT2D eigenvalue weighted by molar-refractivity contribution is -0.117. The summed E-state index contributed by atoms with van der Waals surface area (Å²) in [6.45, 7) is 7.34. The van der Waals surface area contributed by atoms with E-state index in [0.717, 1.165) is 38.4 Å². The molecular formula is C16H22N4OS. The molecule has 0 saturated carbocycles. The third kappa shape index (κ3) is 4.01. The number of benzene rings is 1. The van der Waals surface area contributed by atoms with Gasteiger partial charge in [-0.25, -0.2) is 0 Å². The molecule has 0 bridgehead atoms. The molecule has 0 spiro atoms. The zero-order valence-electron chi connectivity index (χ0n) is 12.9. The van der Waals surface area contributed by atoms with Crippen molar-refractivity contribution >= 4 is 28.5 Å². The zero-order chi connectivity index (χ0) is 15.4. The summed E-state index contributed by atoms with van der Waals surface area (Å²) in [6, 6.07) is 9.61. The summed E-state index contributed by atoms with van der Waals surface area (Å²) >= 11 is 1.87. The van der Waals surface area contributed by atoms with Gasteiger partial charge in [0.15, 0.2) is 5.17 Å². The lowest BCUT2D eigenvalue weighted by Crippen LogP contribution is -2.49. The van der Waals surface area contributed by atoms with Crippen LogP contribution in [0.4, 0.5) is 5.69 Å². The molecule has 1 N–H and O–H groups in total. The van der Waals surface area contributed by atoms with E-state index in [1.54, 1.807) is 0 Å². The smallest absolute Gasteiger partial charge is 0.238 e. The predicted molar refractivity (Wildman–Crippen MR) is 92.4 cm³/mol. The predicted octanol–water partition coefficient (Wildman–Crippen LogP) is 1.73. The number of nitrogens with zero attached hydrogens (tertiary/aromatic N) is 3. The number of carbonyl (C=O) groups excluding carboxylic acids is 1. The van der Waals surface area contributed by atoms with E-state index in [4.69, 9.17) is 0 Å². The number of thioether (sulfide) groups is 1. The largest absolute Gasteiger partial charge is 0.349 e. The highest BCUT2D eigenvalue weighted by molar-refractivity contribution is 8.14. The molecule has 5 nitrogen and oxygen atoms in total. The summed E-state index contributed by atoms with van der Waals surface area (Å²) in [4.78, 5) is 21.2. The molecule has 0 unspecified atom stereocenters. The lowest BCUT2D eigenvalue weighted by Gasteiger charge is -2.35. The number of aliphatic imine (C=N–C) groups is 1. The number of piperazine rings is 1. The molecule has 1 aromatic carbocycles. The molecule has 1 fully saturated rings. The van der Waals surface area contributed by atoms with Gasteiger partial charge in [-0.2, -0.15) is 0 Å². The first-order valence-electron chi connectivity index (χ1n) is 7.74. The third-order valence-corrected chi connectivity index (χ3v) is 5.01. The van der Waals surface area contributed by atoms with Crippen LogP contribution in [0.3, 0.4) is 0 Å². The van der Waals surface area contributed by atoms with Gasteiger partial charge < -0.3 is 10.2 Å². The van der Waals surface area contributed by atoms with Gasteiger partial charge in [-0.05, 0) is 12.1 Å². The van der Waals surface area contributed by atoms with Gasteiger partial charge in [0.2, 0.25) is 5.91 Å². The molecule has 3 rings (SSSR count). The van der Waals surface area contributed by atoms with Crippen LogP contribution >= 0.6 is 11.8 Å². The first-order chi connectivity index (χ1) is 10.7. The van der Waals surface area contributed by atoms with E-state index in [1.807, 2.05) is 42.1 Å². The minimum atomic E-state index is 0.0563. The van der Waals surface area contributed by atoms with E-state index in [-0.39, 0.29) is 5.91 Å². The number of hydrogen-bond acceptors (Lipinski definition) is 5. The summed E-state index contributed by atoms with van der Waals surface area (Å²) < 4.78 is 0. The van der Waals surface area contributed by atoms with Gasteiger partial charge in [-0.3, -0.25) is 14.7 Å². The van der Waals surface area contributed by atoms with Gasteiger partial charge in [0.25, 0.3) is 0 Å². The fourth-order valence-corrected chi connectivity index (χ4v) is 3.65. The average molecular weight is 318 g/mol. The third-order valence-electron chi connectivity index (χ3n) is 3.86. The van der Waals surface area contributed by atoms with Crippen LogP contribution in [-0.2, 0) is 4.79 Å². The molecule has 1 saturated heterocycles. The van der Waals surface area contributed by atoms with Crippen LogP contribution in [0.1, 0.15) is 6.92 Å². The Labute approximate surface area is 135 Å². The fraction of sp³-hybridized carbons (Fsp3) is 0.500. The van der Waals surface area contributed by atoms with E-state index in [0.29, 0.717) is 11.8 Å². The number of para-hydroxylation sites is 1. The normalized spacial score (nSPS) is 22.5. The van der Waals surface area contributed by atoms with Gasteiger partial charge in [0.1, 0.15) is 0 Å². The standard InChI is InChI=1S/C16H22N4OS/c1-13-11-17-16(22-13)20-9-7-19(8-10-20)12-15(21)18-14-5-3-2-4-6-14/h2-6,13H,7-12H2,1H3,(H,18,21)/t13-/m0/s1. The quantitative estimate of drug-likeness (QED) is 0.922. The second kappa shape index (κ2) is 7.15. The van der Waals surface area contributed by atoms with Gasteiger partial charge in [-0.1, -0.05) is 36.9 Å². The number of rotatable bonds is 3. The Morgan fingerprint density at radius 1 is 1.27 bits per heavy atom. The molecule has 0 aromatic heterocycles. The van der Waals surface area contributed by atoms with E-state index in [9.17, 15) is 4.79 Å². The van der Waals surface area contributed by atoms with Crippen molar-refractivity contribution in [1.29, 1.82) is 0 Å². The van der Waals surface area contributed by atoms with Crippen LogP contribution in [0.2, 0.25) is 0 Å². The summed E-state index contributed by atoms with van der Waals surface area (Å²) in [5, 5.41) is 4.72.